The van der Waals surface area contributed by atoms with Gasteiger partial charge in [0.1, 0.15) is 0 Å². The predicted octanol–water partition coefficient (Wildman–Crippen LogP) is 3.54. The maximum absolute atomic E-state index is 12.2. The van der Waals surface area contributed by atoms with Gasteiger partial charge in [-0.3, -0.25) is 10.1 Å². The van der Waals surface area contributed by atoms with Crippen LogP contribution in [0.1, 0.15) is 30.1 Å². The fourth-order valence-corrected chi connectivity index (χ4v) is 1.81. The van der Waals surface area contributed by atoms with Gasteiger partial charge in [0.25, 0.3) is 11.9 Å². The second kappa shape index (κ2) is 10.4. The number of carbonyl (C=O) groups excluding carboxylic acids is 1. The summed E-state index contributed by atoms with van der Waals surface area (Å²) in [6, 6.07) is 4.86. The topological polar surface area (TPSA) is 59.9 Å². The summed E-state index contributed by atoms with van der Waals surface area (Å²) in [4.78, 5) is 16.4. The van der Waals surface area contributed by atoms with E-state index < -0.39 is 0 Å². The van der Waals surface area contributed by atoms with Gasteiger partial charge in [0, 0.05) is 25.8 Å². The van der Waals surface area contributed by atoms with Crippen molar-refractivity contribution in [2.24, 2.45) is 4.99 Å². The molecule has 0 atom stereocenters. The SMILES string of the molecule is CCCOC(=NCCCOC)NC(=O)c1ccc(Cl)c(Cl)c1. The molecule has 0 aromatic heterocycles. The van der Waals surface area contributed by atoms with Crippen LogP contribution >= 0.6 is 23.2 Å². The molecule has 0 aliphatic rings. The smallest absolute Gasteiger partial charge is 0.291 e. The number of nitrogens with zero attached hydrogens (tertiary/aromatic N) is 1. The first-order valence-corrected chi connectivity index (χ1v) is 7.76. The number of methoxy groups -OCH3 is 1. The number of rotatable bonds is 7. The summed E-state index contributed by atoms with van der Waals surface area (Å²) in [6.07, 6.45) is 1.57. The van der Waals surface area contributed by atoms with E-state index in [9.17, 15) is 4.79 Å². The van der Waals surface area contributed by atoms with Crippen molar-refractivity contribution in [3.63, 3.8) is 0 Å². The molecule has 1 aromatic carbocycles. The van der Waals surface area contributed by atoms with Crippen LogP contribution in [0.5, 0.6) is 0 Å². The highest BCUT2D eigenvalue weighted by Crippen LogP contribution is 2.22. The maximum Gasteiger partial charge on any atom is 0.291 e. The Bertz CT molecular complexity index is 522. The molecule has 1 rings (SSSR count). The van der Waals surface area contributed by atoms with Gasteiger partial charge in [-0.15, -0.1) is 0 Å². The summed E-state index contributed by atoms with van der Waals surface area (Å²) >= 11 is 11.7. The van der Waals surface area contributed by atoms with Crippen molar-refractivity contribution in [3.05, 3.63) is 33.8 Å². The summed E-state index contributed by atoms with van der Waals surface area (Å²) in [5.41, 5.74) is 0.388. The van der Waals surface area contributed by atoms with Crippen LogP contribution in [0, 0.1) is 0 Å². The first-order chi connectivity index (χ1) is 10.6. The van der Waals surface area contributed by atoms with Crippen LogP contribution in [0.2, 0.25) is 10.0 Å². The molecule has 1 N–H and O–H groups in total. The zero-order valence-corrected chi connectivity index (χ0v) is 14.2. The van der Waals surface area contributed by atoms with Gasteiger partial charge in [-0.1, -0.05) is 30.1 Å². The normalized spacial score (nSPS) is 11.4. The minimum Gasteiger partial charge on any atom is -0.465 e. The van der Waals surface area contributed by atoms with Gasteiger partial charge in [0.05, 0.1) is 16.7 Å². The lowest BCUT2D eigenvalue weighted by molar-refractivity contribution is 0.0965. The zero-order valence-electron chi connectivity index (χ0n) is 12.7. The molecule has 0 aliphatic heterocycles. The number of halogens is 2. The van der Waals surface area contributed by atoms with Crippen LogP contribution < -0.4 is 5.32 Å². The van der Waals surface area contributed by atoms with Crippen molar-refractivity contribution in [2.45, 2.75) is 19.8 Å². The van der Waals surface area contributed by atoms with Gasteiger partial charge in [0.15, 0.2) is 0 Å². The van der Waals surface area contributed by atoms with Crippen LogP contribution in [0.3, 0.4) is 0 Å². The molecule has 0 spiro atoms. The lowest BCUT2D eigenvalue weighted by Gasteiger charge is -2.10. The van der Waals surface area contributed by atoms with Crippen molar-refractivity contribution in [2.75, 3.05) is 26.9 Å². The molecule has 5 nitrogen and oxygen atoms in total. The average Bonchev–Trinajstić information content (AvgIpc) is 2.51. The summed E-state index contributed by atoms with van der Waals surface area (Å²) in [5, 5.41) is 3.36. The van der Waals surface area contributed by atoms with E-state index in [1.165, 1.54) is 6.07 Å². The number of amides is 1. The number of benzene rings is 1. The van der Waals surface area contributed by atoms with Crippen molar-refractivity contribution < 1.29 is 14.3 Å². The van der Waals surface area contributed by atoms with Crippen LogP contribution in [0.4, 0.5) is 0 Å². The molecule has 0 unspecified atom stereocenters. The third-order valence-electron chi connectivity index (χ3n) is 2.61. The fourth-order valence-electron chi connectivity index (χ4n) is 1.52. The van der Waals surface area contributed by atoms with E-state index in [-0.39, 0.29) is 11.9 Å². The first-order valence-electron chi connectivity index (χ1n) is 7.01. The summed E-state index contributed by atoms with van der Waals surface area (Å²) in [5.74, 6) is -0.347. The monoisotopic (exact) mass is 346 g/mol. The predicted molar refractivity (Wildman–Crippen MR) is 89.0 cm³/mol. The van der Waals surface area contributed by atoms with Gasteiger partial charge >= 0.3 is 0 Å². The number of ether oxygens (including phenoxy) is 2. The number of carbonyl (C=O) groups is 1. The van der Waals surface area contributed by atoms with Crippen LogP contribution in [-0.4, -0.2) is 38.8 Å². The Morgan fingerprint density at radius 3 is 2.68 bits per heavy atom. The van der Waals surface area contributed by atoms with E-state index in [2.05, 4.69) is 10.3 Å². The number of hydrogen-bond acceptors (Lipinski definition) is 4. The van der Waals surface area contributed by atoms with Crippen LogP contribution in [-0.2, 0) is 9.47 Å². The number of nitrogens with one attached hydrogen (secondary N) is 1. The molecule has 0 saturated carbocycles. The molecular formula is C15H20Cl2N2O3. The minimum atomic E-state index is -0.347. The summed E-state index contributed by atoms with van der Waals surface area (Å²) < 4.78 is 10.4. The Labute approximate surface area is 140 Å². The molecule has 1 amide bonds. The molecule has 0 aliphatic carbocycles. The Balaban J connectivity index is 2.70. The summed E-state index contributed by atoms with van der Waals surface area (Å²) in [7, 11) is 1.63. The van der Waals surface area contributed by atoms with Crippen LogP contribution in [0.15, 0.2) is 23.2 Å². The molecule has 0 fully saturated rings. The van der Waals surface area contributed by atoms with Gasteiger partial charge in [-0.25, -0.2) is 4.99 Å². The Hall–Kier alpha value is -1.30. The quantitative estimate of drug-likeness (QED) is 0.466. The lowest BCUT2D eigenvalue weighted by atomic mass is 10.2. The Kier molecular flexibility index (Phi) is 8.89. The Morgan fingerprint density at radius 2 is 2.05 bits per heavy atom. The first kappa shape index (κ1) is 18.7. The van der Waals surface area contributed by atoms with Crippen LogP contribution in [0.25, 0.3) is 0 Å². The number of hydrogen-bond donors (Lipinski definition) is 1. The van der Waals surface area contributed by atoms with Gasteiger partial charge in [-0.2, -0.15) is 0 Å². The molecule has 7 heteroatoms. The molecule has 22 heavy (non-hydrogen) atoms. The van der Waals surface area contributed by atoms with Crippen molar-refractivity contribution >= 4 is 35.1 Å². The zero-order chi connectivity index (χ0) is 16.4. The molecule has 122 valence electrons. The standard InChI is InChI=1S/C15H20Cl2N2O3/c1-3-8-22-15(18-7-4-9-21-2)19-14(20)11-5-6-12(16)13(17)10-11/h5-6,10H,3-4,7-9H2,1-2H3,(H,18,19,20). The van der Waals surface area contributed by atoms with Crippen molar-refractivity contribution in [1.29, 1.82) is 0 Å². The van der Waals surface area contributed by atoms with E-state index in [1.54, 1.807) is 19.2 Å². The highest BCUT2D eigenvalue weighted by Gasteiger charge is 2.11. The second-order valence-electron chi connectivity index (χ2n) is 4.46. The highest BCUT2D eigenvalue weighted by atomic mass is 35.5. The third-order valence-corrected chi connectivity index (χ3v) is 3.35. The molecule has 0 saturated heterocycles. The van der Waals surface area contributed by atoms with E-state index >= 15 is 0 Å². The molecule has 0 radical (unpaired) electrons. The molecule has 0 heterocycles. The van der Waals surface area contributed by atoms with Gasteiger partial charge in [0.2, 0.25) is 0 Å². The van der Waals surface area contributed by atoms with Gasteiger partial charge in [-0.05, 0) is 31.0 Å². The maximum atomic E-state index is 12.2. The third kappa shape index (κ3) is 6.64. The minimum absolute atomic E-state index is 0.203. The number of aliphatic imine (C=N–C) groups is 1. The second-order valence-corrected chi connectivity index (χ2v) is 5.28. The molecule has 0 bridgehead atoms. The van der Waals surface area contributed by atoms with Crippen molar-refractivity contribution in [1.82, 2.24) is 5.32 Å². The largest absolute Gasteiger partial charge is 0.465 e. The lowest BCUT2D eigenvalue weighted by Crippen LogP contribution is -2.33. The molecular weight excluding hydrogens is 327 g/mol. The fraction of sp³-hybridized carbons (Fsp3) is 0.467. The highest BCUT2D eigenvalue weighted by molar-refractivity contribution is 6.42. The van der Waals surface area contributed by atoms with Crippen molar-refractivity contribution in [3.8, 4) is 0 Å². The number of amidine groups is 1. The van der Waals surface area contributed by atoms with E-state index in [4.69, 9.17) is 32.7 Å². The van der Waals surface area contributed by atoms with E-state index in [1.807, 2.05) is 6.92 Å². The van der Waals surface area contributed by atoms with Gasteiger partial charge < -0.3 is 9.47 Å². The van der Waals surface area contributed by atoms with E-state index in [0.29, 0.717) is 35.4 Å². The summed E-state index contributed by atoms with van der Waals surface area (Å²) in [6.45, 7) is 3.56. The average molecular weight is 347 g/mol. The van der Waals surface area contributed by atoms with E-state index in [0.717, 1.165) is 12.8 Å². The Morgan fingerprint density at radius 1 is 1.27 bits per heavy atom. The molecule has 1 aromatic rings.